The molecule has 0 aliphatic carbocycles. The maximum absolute atomic E-state index is 12.3. The first-order chi connectivity index (χ1) is 11.5. The van der Waals surface area contributed by atoms with Gasteiger partial charge in [-0.15, -0.1) is 0 Å². The smallest absolute Gasteiger partial charge is 0.251 e. The van der Waals surface area contributed by atoms with Crippen molar-refractivity contribution in [1.82, 2.24) is 15.3 Å². The van der Waals surface area contributed by atoms with Crippen LogP contribution < -0.4 is 16.0 Å². The van der Waals surface area contributed by atoms with Gasteiger partial charge in [-0.1, -0.05) is 6.07 Å². The Morgan fingerprint density at radius 2 is 1.96 bits per heavy atom. The lowest BCUT2D eigenvalue weighted by molar-refractivity contribution is 0.0931. The van der Waals surface area contributed by atoms with Crippen molar-refractivity contribution < 1.29 is 4.79 Å². The fourth-order valence-corrected chi connectivity index (χ4v) is 3.06. The van der Waals surface area contributed by atoms with E-state index in [9.17, 15) is 4.79 Å². The van der Waals surface area contributed by atoms with E-state index in [1.54, 1.807) is 24.3 Å². The topological polar surface area (TPSA) is 84.1 Å². The third-order valence-corrected chi connectivity index (χ3v) is 4.26. The van der Waals surface area contributed by atoms with Crippen LogP contribution in [0, 0.1) is 13.8 Å². The zero-order chi connectivity index (χ0) is 17.1. The van der Waals surface area contributed by atoms with Crippen molar-refractivity contribution in [2.24, 2.45) is 0 Å². The fraction of sp³-hybridized carbons (Fsp3) is 0.389. The second-order valence-electron chi connectivity index (χ2n) is 6.27. The monoisotopic (exact) mass is 325 g/mol. The number of nitrogens with two attached hydrogens (primary N) is 1. The van der Waals surface area contributed by atoms with Crippen LogP contribution in [0.3, 0.4) is 0 Å². The van der Waals surface area contributed by atoms with E-state index < -0.39 is 0 Å². The Bertz CT molecular complexity index is 718. The van der Waals surface area contributed by atoms with E-state index in [4.69, 9.17) is 5.73 Å². The van der Waals surface area contributed by atoms with Crippen LogP contribution in [0.4, 0.5) is 11.5 Å². The van der Waals surface area contributed by atoms with E-state index in [1.807, 2.05) is 19.9 Å². The lowest BCUT2D eigenvalue weighted by atomic mass is 10.0. The second kappa shape index (κ2) is 6.86. The summed E-state index contributed by atoms with van der Waals surface area (Å²) in [7, 11) is 0. The molecule has 0 spiro atoms. The maximum atomic E-state index is 12.3. The molecule has 2 heterocycles. The molecule has 1 fully saturated rings. The van der Waals surface area contributed by atoms with E-state index in [0.717, 1.165) is 43.3 Å². The number of hydrogen-bond acceptors (Lipinski definition) is 5. The Morgan fingerprint density at radius 3 is 2.62 bits per heavy atom. The van der Waals surface area contributed by atoms with Crippen LogP contribution in [0.25, 0.3) is 0 Å². The van der Waals surface area contributed by atoms with Gasteiger partial charge in [-0.2, -0.15) is 0 Å². The van der Waals surface area contributed by atoms with Gasteiger partial charge in [0.05, 0.1) is 0 Å². The Balaban J connectivity index is 1.58. The summed E-state index contributed by atoms with van der Waals surface area (Å²) in [5, 5.41) is 3.10. The van der Waals surface area contributed by atoms with Gasteiger partial charge in [0.25, 0.3) is 5.91 Å². The van der Waals surface area contributed by atoms with Crippen molar-refractivity contribution in [2.45, 2.75) is 32.7 Å². The minimum absolute atomic E-state index is 0.0607. The third kappa shape index (κ3) is 3.82. The lowest BCUT2D eigenvalue weighted by Gasteiger charge is -2.33. The predicted octanol–water partition coefficient (Wildman–Crippen LogP) is 2.07. The number of aryl methyl sites for hydroxylation is 2. The molecular formula is C18H23N5O. The zero-order valence-electron chi connectivity index (χ0n) is 14.1. The minimum Gasteiger partial charge on any atom is -0.399 e. The predicted molar refractivity (Wildman–Crippen MR) is 95.1 cm³/mol. The molecule has 1 aliphatic rings. The molecule has 6 heteroatoms. The van der Waals surface area contributed by atoms with Crippen LogP contribution in [0.15, 0.2) is 30.3 Å². The van der Waals surface area contributed by atoms with Crippen molar-refractivity contribution in [3.8, 4) is 0 Å². The standard InChI is InChI=1S/C18H23N5O/c1-12-10-17(21-13(2)20-12)23-8-6-16(7-9-23)22-18(24)14-4-3-5-15(19)11-14/h3-5,10-11,16H,6-9,19H2,1-2H3,(H,22,24). The summed E-state index contributed by atoms with van der Waals surface area (Å²) >= 11 is 0. The fourth-order valence-electron chi connectivity index (χ4n) is 3.06. The summed E-state index contributed by atoms with van der Waals surface area (Å²) in [6.45, 7) is 5.64. The number of piperidine rings is 1. The number of nitrogens with zero attached hydrogens (tertiary/aromatic N) is 3. The summed E-state index contributed by atoms with van der Waals surface area (Å²) < 4.78 is 0. The van der Waals surface area contributed by atoms with Crippen molar-refractivity contribution in [3.05, 3.63) is 47.4 Å². The third-order valence-electron chi connectivity index (χ3n) is 4.26. The number of aromatic nitrogens is 2. The summed E-state index contributed by atoms with van der Waals surface area (Å²) in [6, 6.07) is 9.26. The first-order valence-corrected chi connectivity index (χ1v) is 8.25. The molecule has 0 atom stereocenters. The van der Waals surface area contributed by atoms with Crippen LogP contribution in [0.2, 0.25) is 0 Å². The van der Waals surface area contributed by atoms with Gasteiger partial charge in [-0.25, -0.2) is 9.97 Å². The van der Waals surface area contributed by atoms with Gasteiger partial charge in [0.2, 0.25) is 0 Å². The van der Waals surface area contributed by atoms with Crippen LogP contribution >= 0.6 is 0 Å². The lowest BCUT2D eigenvalue weighted by Crippen LogP contribution is -2.45. The normalized spacial score (nSPS) is 15.3. The molecule has 0 saturated carbocycles. The van der Waals surface area contributed by atoms with E-state index in [-0.39, 0.29) is 11.9 Å². The van der Waals surface area contributed by atoms with Crippen molar-refractivity contribution >= 4 is 17.4 Å². The zero-order valence-corrected chi connectivity index (χ0v) is 14.1. The quantitative estimate of drug-likeness (QED) is 0.844. The summed E-state index contributed by atoms with van der Waals surface area (Å²) in [4.78, 5) is 23.4. The van der Waals surface area contributed by atoms with Crippen LogP contribution in [-0.4, -0.2) is 35.0 Å². The van der Waals surface area contributed by atoms with Gasteiger partial charge < -0.3 is 16.0 Å². The van der Waals surface area contributed by atoms with E-state index in [0.29, 0.717) is 11.3 Å². The number of carbonyl (C=O) groups is 1. The SMILES string of the molecule is Cc1cc(N2CCC(NC(=O)c3cccc(N)c3)CC2)nc(C)n1. The van der Waals surface area contributed by atoms with E-state index in [2.05, 4.69) is 20.2 Å². The van der Waals surface area contributed by atoms with Crippen molar-refractivity contribution in [3.63, 3.8) is 0 Å². The number of nitrogen functional groups attached to an aromatic ring is 1. The number of amides is 1. The molecule has 0 radical (unpaired) electrons. The second-order valence-corrected chi connectivity index (χ2v) is 6.27. The summed E-state index contributed by atoms with van der Waals surface area (Å²) in [5.74, 6) is 1.71. The molecule has 126 valence electrons. The van der Waals surface area contributed by atoms with Crippen LogP contribution in [0.1, 0.15) is 34.7 Å². The highest BCUT2D eigenvalue weighted by atomic mass is 16.1. The largest absolute Gasteiger partial charge is 0.399 e. The molecule has 1 aromatic carbocycles. The number of nitrogens with one attached hydrogen (secondary N) is 1. The molecule has 0 unspecified atom stereocenters. The highest BCUT2D eigenvalue weighted by Gasteiger charge is 2.22. The highest BCUT2D eigenvalue weighted by molar-refractivity contribution is 5.95. The number of anilines is 2. The van der Waals surface area contributed by atoms with Gasteiger partial charge in [-0.3, -0.25) is 4.79 Å². The number of hydrogen-bond donors (Lipinski definition) is 2. The molecule has 3 rings (SSSR count). The Morgan fingerprint density at radius 1 is 1.21 bits per heavy atom. The molecule has 24 heavy (non-hydrogen) atoms. The average molecular weight is 325 g/mol. The van der Waals surface area contributed by atoms with Crippen LogP contribution in [0.5, 0.6) is 0 Å². The van der Waals surface area contributed by atoms with E-state index in [1.165, 1.54) is 0 Å². The molecule has 1 amide bonds. The maximum Gasteiger partial charge on any atom is 0.251 e. The molecule has 1 aromatic heterocycles. The number of rotatable bonds is 3. The molecule has 1 aliphatic heterocycles. The Kier molecular flexibility index (Phi) is 4.64. The highest BCUT2D eigenvalue weighted by Crippen LogP contribution is 2.19. The van der Waals surface area contributed by atoms with Gasteiger partial charge >= 0.3 is 0 Å². The Labute approximate surface area is 142 Å². The number of benzene rings is 1. The molecular weight excluding hydrogens is 302 g/mol. The first-order valence-electron chi connectivity index (χ1n) is 8.25. The molecule has 0 bridgehead atoms. The summed E-state index contributed by atoms with van der Waals surface area (Å²) in [5.41, 5.74) is 7.93. The van der Waals surface area contributed by atoms with Gasteiger partial charge in [0, 0.05) is 42.1 Å². The van der Waals surface area contributed by atoms with Gasteiger partial charge in [-0.05, 0) is 44.9 Å². The molecule has 3 N–H and O–H groups in total. The summed E-state index contributed by atoms with van der Waals surface area (Å²) in [6.07, 6.45) is 1.80. The van der Waals surface area contributed by atoms with Crippen molar-refractivity contribution in [1.29, 1.82) is 0 Å². The van der Waals surface area contributed by atoms with Gasteiger partial charge in [0.1, 0.15) is 11.6 Å². The van der Waals surface area contributed by atoms with Gasteiger partial charge in [0.15, 0.2) is 0 Å². The molecule has 6 nitrogen and oxygen atoms in total. The number of carbonyl (C=O) groups excluding carboxylic acids is 1. The Hall–Kier alpha value is -2.63. The van der Waals surface area contributed by atoms with E-state index >= 15 is 0 Å². The first kappa shape index (κ1) is 16.2. The molecule has 2 aromatic rings. The van der Waals surface area contributed by atoms with Crippen molar-refractivity contribution in [2.75, 3.05) is 23.7 Å². The molecule has 1 saturated heterocycles. The minimum atomic E-state index is -0.0607. The average Bonchev–Trinajstić information content (AvgIpc) is 2.54. The van der Waals surface area contributed by atoms with Crippen LogP contribution in [-0.2, 0) is 0 Å².